The van der Waals surface area contributed by atoms with Crippen molar-refractivity contribution in [2.75, 3.05) is 26.2 Å². The maximum atomic E-state index is 11.7. The van der Waals surface area contributed by atoms with Gasteiger partial charge in [-0.1, -0.05) is 6.42 Å². The van der Waals surface area contributed by atoms with Gasteiger partial charge < -0.3 is 10.2 Å². The first-order chi connectivity index (χ1) is 6.27. The highest BCUT2D eigenvalue weighted by Gasteiger charge is 2.29. The molecule has 2 aliphatic rings. The van der Waals surface area contributed by atoms with Crippen LogP contribution >= 0.6 is 0 Å². The van der Waals surface area contributed by atoms with Gasteiger partial charge >= 0.3 is 0 Å². The lowest BCUT2D eigenvalue weighted by Crippen LogP contribution is -2.49. The molecule has 0 bridgehead atoms. The summed E-state index contributed by atoms with van der Waals surface area (Å²) in [7, 11) is 0. The molecular weight excluding hydrogens is 152 g/mol. The maximum Gasteiger partial charge on any atom is 0.225 e. The van der Waals surface area contributed by atoms with Gasteiger partial charge in [-0.15, -0.1) is 0 Å². The molecule has 0 spiro atoms. The predicted molar refractivity (Wildman–Crippen MR) is 46.8 cm³/mol. The SMILES string of the molecule is [2H]N1CCN(C(=O)C2CCC2)CC1. The van der Waals surface area contributed by atoms with Gasteiger partial charge in [-0.05, 0) is 12.8 Å². The smallest absolute Gasteiger partial charge is 0.225 e. The van der Waals surface area contributed by atoms with Crippen LogP contribution < -0.4 is 5.31 Å². The molecule has 0 unspecified atom stereocenters. The highest BCUT2D eigenvalue weighted by molar-refractivity contribution is 5.79. The molecule has 2 rings (SSSR count). The molecule has 1 N–H and O–H groups in total. The predicted octanol–water partition coefficient (Wildman–Crippen LogP) is 0.218. The third-order valence-corrected chi connectivity index (χ3v) is 2.82. The molecule has 0 aromatic rings. The second-order valence-corrected chi connectivity index (χ2v) is 3.62. The van der Waals surface area contributed by atoms with Gasteiger partial charge in [0.05, 0.1) is 0 Å². The zero-order valence-corrected chi connectivity index (χ0v) is 7.33. The van der Waals surface area contributed by atoms with Crippen LogP contribution in [-0.4, -0.2) is 37.0 Å². The Balaban J connectivity index is 1.83. The van der Waals surface area contributed by atoms with E-state index in [1.807, 2.05) is 4.90 Å². The van der Waals surface area contributed by atoms with Crippen LogP contribution in [0, 0.1) is 5.92 Å². The second kappa shape index (κ2) is 3.44. The summed E-state index contributed by atoms with van der Waals surface area (Å²) in [5.41, 5.74) is 0. The Bertz CT molecular complexity index is 198. The van der Waals surface area contributed by atoms with Gasteiger partial charge in [0.15, 0.2) is 0 Å². The molecule has 1 aliphatic carbocycles. The average Bonchev–Trinajstić information content (AvgIpc) is 2.02. The van der Waals surface area contributed by atoms with Crippen molar-refractivity contribution in [3.8, 4) is 0 Å². The van der Waals surface area contributed by atoms with Crippen LogP contribution in [0.5, 0.6) is 0 Å². The van der Waals surface area contributed by atoms with E-state index in [2.05, 4.69) is 0 Å². The number of piperazine rings is 1. The first-order valence-electron chi connectivity index (χ1n) is 5.25. The molecule has 1 aliphatic heterocycles. The van der Waals surface area contributed by atoms with Crippen molar-refractivity contribution in [2.45, 2.75) is 19.3 Å². The summed E-state index contributed by atoms with van der Waals surface area (Å²) in [5.74, 6) is 0.650. The van der Waals surface area contributed by atoms with E-state index in [1.165, 1.54) is 11.7 Å². The van der Waals surface area contributed by atoms with Crippen molar-refractivity contribution < 1.29 is 6.21 Å². The highest BCUT2D eigenvalue weighted by Crippen LogP contribution is 2.28. The molecule has 0 aromatic heterocycles. The maximum absolute atomic E-state index is 11.7. The summed E-state index contributed by atoms with van der Waals surface area (Å²) in [6.45, 7) is 2.91. The molecule has 68 valence electrons. The van der Waals surface area contributed by atoms with Crippen LogP contribution in [0.15, 0.2) is 0 Å². The molecular formula is C9H16N2O. The summed E-state index contributed by atoms with van der Waals surface area (Å²) >= 11 is 0. The summed E-state index contributed by atoms with van der Waals surface area (Å²) in [6, 6.07) is 0. The lowest BCUT2D eigenvalue weighted by Gasteiger charge is -2.34. The largest absolute Gasteiger partial charge is 0.340 e. The molecule has 2 fully saturated rings. The molecule has 1 heterocycles. The molecule has 1 amide bonds. The summed E-state index contributed by atoms with van der Waals surface area (Å²) < 4.78 is 7.36. The summed E-state index contributed by atoms with van der Waals surface area (Å²) in [6.07, 6.45) is 3.38. The Hall–Kier alpha value is -0.570. The van der Waals surface area contributed by atoms with Crippen LogP contribution in [-0.2, 0) is 4.79 Å². The highest BCUT2D eigenvalue weighted by atomic mass is 16.2. The Morgan fingerprint density at radius 2 is 2.08 bits per heavy atom. The molecule has 0 atom stereocenters. The van der Waals surface area contributed by atoms with E-state index >= 15 is 0 Å². The molecule has 3 heteroatoms. The number of carbonyl (C=O) groups is 1. The van der Waals surface area contributed by atoms with Crippen molar-refractivity contribution in [1.29, 1.82) is 0 Å². The van der Waals surface area contributed by atoms with Gasteiger partial charge in [0.2, 0.25) is 5.91 Å². The van der Waals surface area contributed by atoms with E-state index in [1.54, 1.807) is 0 Å². The zero-order chi connectivity index (χ0) is 9.26. The third kappa shape index (κ3) is 1.46. The number of amides is 1. The molecule has 1 saturated heterocycles. The van der Waals surface area contributed by atoms with Crippen molar-refractivity contribution in [3.05, 3.63) is 0 Å². The van der Waals surface area contributed by atoms with Crippen LogP contribution in [0.1, 0.15) is 19.3 Å². The topological polar surface area (TPSA) is 32.3 Å². The van der Waals surface area contributed by atoms with Gasteiger partial charge in [-0.25, -0.2) is 0 Å². The molecule has 3 nitrogen and oxygen atoms in total. The zero-order valence-electron chi connectivity index (χ0n) is 8.33. The van der Waals surface area contributed by atoms with Crippen molar-refractivity contribution >= 4 is 5.91 Å². The minimum atomic E-state index is 0.317. The van der Waals surface area contributed by atoms with Gasteiger partial charge in [0, 0.05) is 32.1 Å². The fourth-order valence-corrected chi connectivity index (χ4v) is 1.74. The Labute approximate surface area is 74.6 Å². The molecule has 0 aromatic carbocycles. The van der Waals surface area contributed by atoms with Crippen LogP contribution in [0.4, 0.5) is 0 Å². The van der Waals surface area contributed by atoms with Gasteiger partial charge in [0.1, 0.15) is 1.41 Å². The van der Waals surface area contributed by atoms with Gasteiger partial charge in [-0.2, -0.15) is 0 Å². The van der Waals surface area contributed by atoms with E-state index in [4.69, 9.17) is 1.41 Å². The third-order valence-electron chi connectivity index (χ3n) is 2.82. The first kappa shape index (κ1) is 6.89. The number of rotatable bonds is 1. The number of nitrogens with one attached hydrogen (secondary N) is 1. The average molecular weight is 169 g/mol. The van der Waals surface area contributed by atoms with Crippen LogP contribution in [0.2, 0.25) is 1.41 Å². The van der Waals surface area contributed by atoms with E-state index < -0.39 is 0 Å². The Kier molecular flexibility index (Phi) is 1.97. The van der Waals surface area contributed by atoms with Crippen molar-refractivity contribution in [1.82, 2.24) is 10.2 Å². The number of nitrogens with zero attached hydrogens (tertiary/aromatic N) is 1. The number of carbonyl (C=O) groups excluding carboxylic acids is 1. The number of hydrogen-bond donors (Lipinski definition) is 1. The molecule has 0 radical (unpaired) electrons. The number of hydrogen-bond acceptors (Lipinski definition) is 2. The van der Waals surface area contributed by atoms with Crippen molar-refractivity contribution in [2.24, 2.45) is 5.92 Å². The summed E-state index contributed by atoms with van der Waals surface area (Å²) in [4.78, 5) is 13.7. The first-order valence-corrected chi connectivity index (χ1v) is 4.80. The fraction of sp³-hybridized carbons (Fsp3) is 0.889. The normalized spacial score (nSPS) is 28.0. The second-order valence-electron chi connectivity index (χ2n) is 3.62. The Morgan fingerprint density at radius 1 is 1.42 bits per heavy atom. The van der Waals surface area contributed by atoms with Crippen LogP contribution in [0.25, 0.3) is 0 Å². The van der Waals surface area contributed by atoms with Gasteiger partial charge in [0.25, 0.3) is 0 Å². The quantitative estimate of drug-likeness (QED) is 0.609. The lowest BCUT2D eigenvalue weighted by molar-refractivity contribution is -0.138. The van der Waals surface area contributed by atoms with Gasteiger partial charge in [-0.3, -0.25) is 4.79 Å². The monoisotopic (exact) mass is 169 g/mol. The lowest BCUT2D eigenvalue weighted by atomic mass is 9.84. The van der Waals surface area contributed by atoms with E-state index in [0.717, 1.165) is 25.9 Å². The molecule has 1 saturated carbocycles. The fourth-order valence-electron chi connectivity index (χ4n) is 1.74. The Morgan fingerprint density at radius 3 is 2.58 bits per heavy atom. The minimum Gasteiger partial charge on any atom is -0.340 e. The van der Waals surface area contributed by atoms with E-state index in [9.17, 15) is 4.79 Å². The minimum absolute atomic E-state index is 0.317. The van der Waals surface area contributed by atoms with E-state index in [0.29, 0.717) is 24.9 Å². The van der Waals surface area contributed by atoms with Crippen molar-refractivity contribution in [3.63, 3.8) is 0 Å². The summed E-state index contributed by atoms with van der Waals surface area (Å²) in [5, 5.41) is 1.53. The molecule has 12 heavy (non-hydrogen) atoms. The standard InChI is InChI=1S/C9H16N2O/c12-9(8-2-1-3-8)11-6-4-10-5-7-11/h8,10H,1-7H2/i/hD. The van der Waals surface area contributed by atoms with E-state index in [-0.39, 0.29) is 0 Å². The van der Waals surface area contributed by atoms with Crippen LogP contribution in [0.3, 0.4) is 0 Å².